The second-order valence-corrected chi connectivity index (χ2v) is 9.21. The number of aliphatic imine (C=N–C) groups is 1. The lowest BCUT2D eigenvalue weighted by molar-refractivity contribution is 0.267. The Morgan fingerprint density at radius 3 is 2.62 bits per heavy atom. The molecule has 0 bridgehead atoms. The van der Waals surface area contributed by atoms with E-state index < -0.39 is 0 Å². The monoisotopic (exact) mass is 551 g/mol. The Labute approximate surface area is 209 Å². The molecule has 1 saturated carbocycles. The Hall–Kier alpha value is -1.68. The number of guanidine groups is 1. The Bertz CT molecular complexity index is 876. The molecule has 1 aromatic carbocycles. The third-order valence-corrected chi connectivity index (χ3v) is 6.98. The lowest BCUT2D eigenvalue weighted by atomic mass is 9.96. The van der Waals surface area contributed by atoms with Gasteiger partial charge in [-0.2, -0.15) is 0 Å². The van der Waals surface area contributed by atoms with E-state index >= 15 is 0 Å². The van der Waals surface area contributed by atoms with Gasteiger partial charge < -0.3 is 15.2 Å². The SMILES string of the molecule is CCN1CCCC1CNC(=NCc1nnc(C)n1C)NCC1(Cc2ccccc2)CC1.I. The summed E-state index contributed by atoms with van der Waals surface area (Å²) in [6, 6.07) is 11.4. The predicted octanol–water partition coefficient (Wildman–Crippen LogP) is 3.28. The second kappa shape index (κ2) is 11.4. The van der Waals surface area contributed by atoms with Crippen molar-refractivity contribution >= 4 is 29.9 Å². The van der Waals surface area contributed by atoms with Gasteiger partial charge in [-0.25, -0.2) is 4.99 Å². The van der Waals surface area contributed by atoms with Gasteiger partial charge in [-0.15, -0.1) is 34.2 Å². The van der Waals surface area contributed by atoms with Crippen molar-refractivity contribution in [2.24, 2.45) is 17.5 Å². The Morgan fingerprint density at radius 1 is 1.19 bits per heavy atom. The van der Waals surface area contributed by atoms with Gasteiger partial charge in [0.15, 0.2) is 11.8 Å². The third kappa shape index (κ3) is 6.43. The smallest absolute Gasteiger partial charge is 0.191 e. The quantitative estimate of drug-likeness (QED) is 0.285. The Balaban J connectivity index is 0.00000289. The van der Waals surface area contributed by atoms with E-state index in [1.54, 1.807) is 0 Å². The number of benzene rings is 1. The molecule has 1 aliphatic heterocycles. The number of nitrogens with one attached hydrogen (secondary N) is 2. The first-order valence-corrected chi connectivity index (χ1v) is 11.7. The van der Waals surface area contributed by atoms with E-state index in [1.807, 2.05) is 18.5 Å². The zero-order valence-corrected chi connectivity index (χ0v) is 22.0. The molecule has 2 N–H and O–H groups in total. The normalized spacial score (nSPS) is 20.1. The molecule has 1 aromatic heterocycles. The molecule has 176 valence electrons. The van der Waals surface area contributed by atoms with Crippen LogP contribution in [-0.2, 0) is 20.0 Å². The van der Waals surface area contributed by atoms with Crippen LogP contribution in [0.25, 0.3) is 0 Å². The number of hydrogen-bond donors (Lipinski definition) is 2. The average molecular weight is 552 g/mol. The maximum absolute atomic E-state index is 4.87. The lowest BCUT2D eigenvalue weighted by Crippen LogP contribution is -2.46. The molecule has 0 radical (unpaired) electrons. The van der Waals surface area contributed by atoms with Crippen LogP contribution in [0.3, 0.4) is 0 Å². The molecule has 0 amide bonds. The van der Waals surface area contributed by atoms with E-state index in [9.17, 15) is 0 Å². The number of likely N-dealkylation sites (tertiary alicyclic amines) is 1. The first-order chi connectivity index (χ1) is 15.1. The van der Waals surface area contributed by atoms with Gasteiger partial charge in [-0.3, -0.25) is 4.90 Å². The highest BCUT2D eigenvalue weighted by atomic mass is 127. The van der Waals surface area contributed by atoms with E-state index in [2.05, 4.69) is 63.0 Å². The molecule has 2 aliphatic rings. The van der Waals surface area contributed by atoms with Crippen molar-refractivity contribution in [3.8, 4) is 0 Å². The molecule has 1 saturated heterocycles. The van der Waals surface area contributed by atoms with Crippen molar-refractivity contribution in [1.82, 2.24) is 30.3 Å². The zero-order chi connectivity index (χ0) is 21.7. The summed E-state index contributed by atoms with van der Waals surface area (Å²) in [7, 11) is 2.00. The van der Waals surface area contributed by atoms with Gasteiger partial charge in [0, 0.05) is 26.2 Å². The summed E-state index contributed by atoms with van der Waals surface area (Å²) in [5.41, 5.74) is 1.78. The summed E-state index contributed by atoms with van der Waals surface area (Å²) in [5, 5.41) is 15.7. The van der Waals surface area contributed by atoms with Crippen molar-refractivity contribution in [2.75, 3.05) is 26.2 Å². The van der Waals surface area contributed by atoms with Gasteiger partial charge in [0.05, 0.1) is 0 Å². The van der Waals surface area contributed by atoms with Crippen LogP contribution in [0.2, 0.25) is 0 Å². The minimum Gasteiger partial charge on any atom is -0.356 e. The van der Waals surface area contributed by atoms with Gasteiger partial charge in [-0.05, 0) is 63.1 Å². The largest absolute Gasteiger partial charge is 0.356 e. The van der Waals surface area contributed by atoms with Gasteiger partial charge in [0.1, 0.15) is 12.4 Å². The van der Waals surface area contributed by atoms with Crippen molar-refractivity contribution < 1.29 is 0 Å². The highest BCUT2D eigenvalue weighted by molar-refractivity contribution is 14.0. The van der Waals surface area contributed by atoms with Crippen LogP contribution in [0, 0.1) is 12.3 Å². The first-order valence-electron chi connectivity index (χ1n) is 11.7. The lowest BCUT2D eigenvalue weighted by Gasteiger charge is -2.25. The van der Waals surface area contributed by atoms with E-state index in [1.165, 1.54) is 37.8 Å². The van der Waals surface area contributed by atoms with Crippen LogP contribution >= 0.6 is 24.0 Å². The molecule has 2 fully saturated rings. The number of hydrogen-bond acceptors (Lipinski definition) is 4. The highest BCUT2D eigenvalue weighted by Gasteiger charge is 2.42. The van der Waals surface area contributed by atoms with Crippen molar-refractivity contribution in [1.29, 1.82) is 0 Å². The standard InChI is InChI=1S/C24H37N7.HI/c1-4-31-14-8-11-21(31)16-25-23(26-17-22-29-28-19(2)30(22)3)27-18-24(12-13-24)15-20-9-6-5-7-10-20;/h5-7,9-10,21H,4,8,11-18H2,1-3H3,(H2,25,26,27);1H. The number of halogens is 1. The predicted molar refractivity (Wildman–Crippen MR) is 140 cm³/mol. The van der Waals surface area contributed by atoms with E-state index in [0.29, 0.717) is 18.0 Å². The minimum absolute atomic E-state index is 0. The molecule has 1 unspecified atom stereocenters. The van der Waals surface area contributed by atoms with Crippen LogP contribution in [-0.4, -0.2) is 57.8 Å². The average Bonchev–Trinajstić information content (AvgIpc) is 3.26. The molecule has 4 rings (SSSR count). The summed E-state index contributed by atoms with van der Waals surface area (Å²) in [6.07, 6.45) is 6.23. The number of rotatable bonds is 9. The molecule has 2 aromatic rings. The molecular weight excluding hydrogens is 513 g/mol. The molecule has 2 heterocycles. The number of nitrogens with zero attached hydrogens (tertiary/aromatic N) is 5. The van der Waals surface area contributed by atoms with Crippen LogP contribution in [0.4, 0.5) is 0 Å². The van der Waals surface area contributed by atoms with Gasteiger partial charge in [-0.1, -0.05) is 37.3 Å². The summed E-state index contributed by atoms with van der Waals surface area (Å²) in [5.74, 6) is 2.69. The maximum Gasteiger partial charge on any atom is 0.191 e. The fourth-order valence-corrected chi connectivity index (χ4v) is 4.56. The Kier molecular flexibility index (Phi) is 8.93. The Morgan fingerprint density at radius 2 is 1.97 bits per heavy atom. The second-order valence-electron chi connectivity index (χ2n) is 9.21. The van der Waals surface area contributed by atoms with Crippen LogP contribution in [0.15, 0.2) is 35.3 Å². The highest BCUT2D eigenvalue weighted by Crippen LogP contribution is 2.47. The summed E-state index contributed by atoms with van der Waals surface area (Å²) in [6.45, 7) is 8.96. The van der Waals surface area contributed by atoms with Crippen molar-refractivity contribution in [3.05, 3.63) is 47.5 Å². The summed E-state index contributed by atoms with van der Waals surface area (Å²) >= 11 is 0. The summed E-state index contributed by atoms with van der Waals surface area (Å²) in [4.78, 5) is 7.43. The molecule has 8 heteroatoms. The van der Waals surface area contributed by atoms with E-state index in [-0.39, 0.29) is 24.0 Å². The van der Waals surface area contributed by atoms with Gasteiger partial charge >= 0.3 is 0 Å². The van der Waals surface area contributed by atoms with Crippen LogP contribution in [0.5, 0.6) is 0 Å². The first kappa shape index (κ1) is 25.0. The van der Waals surface area contributed by atoms with Crippen molar-refractivity contribution in [2.45, 2.75) is 58.5 Å². The number of aromatic nitrogens is 3. The maximum atomic E-state index is 4.87. The molecule has 32 heavy (non-hydrogen) atoms. The molecule has 0 spiro atoms. The zero-order valence-electron chi connectivity index (χ0n) is 19.7. The number of likely N-dealkylation sites (N-methyl/N-ethyl adjacent to an activating group) is 1. The van der Waals surface area contributed by atoms with Gasteiger partial charge in [0.25, 0.3) is 0 Å². The topological polar surface area (TPSA) is 70.4 Å². The summed E-state index contributed by atoms with van der Waals surface area (Å²) < 4.78 is 2.01. The van der Waals surface area contributed by atoms with Gasteiger partial charge in [0.2, 0.25) is 0 Å². The molecule has 7 nitrogen and oxygen atoms in total. The molecular formula is C24H38IN7. The molecule has 1 aliphatic carbocycles. The molecule has 1 atom stereocenters. The number of aryl methyl sites for hydroxylation is 1. The van der Waals surface area contributed by atoms with E-state index in [0.717, 1.165) is 43.7 Å². The van der Waals surface area contributed by atoms with E-state index in [4.69, 9.17) is 4.99 Å². The van der Waals surface area contributed by atoms with Crippen molar-refractivity contribution in [3.63, 3.8) is 0 Å². The fourth-order valence-electron chi connectivity index (χ4n) is 4.56. The third-order valence-electron chi connectivity index (χ3n) is 6.98. The van der Waals surface area contributed by atoms with Crippen LogP contribution < -0.4 is 10.6 Å². The van der Waals surface area contributed by atoms with Crippen LogP contribution in [0.1, 0.15) is 49.8 Å². The fraction of sp³-hybridized carbons (Fsp3) is 0.625. The minimum atomic E-state index is 0.